The Morgan fingerprint density at radius 3 is 2.33 bits per heavy atom. The van der Waals surface area contributed by atoms with E-state index >= 15 is 0 Å². The fourth-order valence-electron chi connectivity index (χ4n) is 1.66. The SMILES string of the molecule is N/C(=N\O)c1cc(C(F)(F)F)ccc1Sc1ccccc1. The normalized spacial score (nSPS) is 12.4. The molecule has 0 atom stereocenters. The predicted octanol–water partition coefficient (Wildman–Crippen LogP) is 3.95. The van der Waals surface area contributed by atoms with Gasteiger partial charge in [-0.15, -0.1) is 0 Å². The van der Waals surface area contributed by atoms with Crippen molar-refractivity contribution in [2.24, 2.45) is 10.9 Å². The van der Waals surface area contributed by atoms with Crippen molar-refractivity contribution < 1.29 is 18.4 Å². The van der Waals surface area contributed by atoms with E-state index in [-0.39, 0.29) is 11.4 Å². The van der Waals surface area contributed by atoms with Crippen LogP contribution in [0.4, 0.5) is 13.2 Å². The molecule has 7 heteroatoms. The third kappa shape index (κ3) is 3.69. The smallest absolute Gasteiger partial charge is 0.409 e. The number of halogens is 3. The Hall–Kier alpha value is -2.15. The van der Waals surface area contributed by atoms with Crippen molar-refractivity contribution in [3.8, 4) is 0 Å². The molecule has 0 aromatic heterocycles. The van der Waals surface area contributed by atoms with Crippen LogP contribution in [0.25, 0.3) is 0 Å². The highest BCUT2D eigenvalue weighted by Crippen LogP contribution is 2.35. The fraction of sp³-hybridized carbons (Fsp3) is 0.0714. The second kappa shape index (κ2) is 6.09. The monoisotopic (exact) mass is 312 g/mol. The van der Waals surface area contributed by atoms with Crippen LogP contribution >= 0.6 is 11.8 Å². The minimum atomic E-state index is -4.49. The molecule has 21 heavy (non-hydrogen) atoms. The van der Waals surface area contributed by atoms with Gasteiger partial charge in [0.15, 0.2) is 5.84 Å². The lowest BCUT2D eigenvalue weighted by atomic mass is 10.1. The van der Waals surface area contributed by atoms with Crippen LogP contribution in [0.5, 0.6) is 0 Å². The number of nitrogens with two attached hydrogens (primary N) is 1. The lowest BCUT2D eigenvalue weighted by Gasteiger charge is -2.12. The molecule has 0 aliphatic heterocycles. The molecule has 0 aliphatic carbocycles. The molecule has 0 saturated carbocycles. The van der Waals surface area contributed by atoms with E-state index in [1.807, 2.05) is 30.3 Å². The highest BCUT2D eigenvalue weighted by molar-refractivity contribution is 7.99. The van der Waals surface area contributed by atoms with Crippen molar-refractivity contribution in [3.63, 3.8) is 0 Å². The van der Waals surface area contributed by atoms with Crippen molar-refractivity contribution in [1.29, 1.82) is 0 Å². The van der Waals surface area contributed by atoms with Crippen molar-refractivity contribution in [3.05, 3.63) is 59.7 Å². The first-order chi connectivity index (χ1) is 9.91. The number of oxime groups is 1. The van der Waals surface area contributed by atoms with E-state index in [2.05, 4.69) is 5.16 Å². The van der Waals surface area contributed by atoms with Crippen molar-refractivity contribution >= 4 is 17.6 Å². The molecule has 0 unspecified atom stereocenters. The second-order valence-corrected chi connectivity index (χ2v) is 5.22. The summed E-state index contributed by atoms with van der Waals surface area (Å²) in [6.07, 6.45) is -4.49. The van der Waals surface area contributed by atoms with Crippen molar-refractivity contribution in [2.45, 2.75) is 16.0 Å². The summed E-state index contributed by atoms with van der Waals surface area (Å²) in [5.74, 6) is -0.362. The van der Waals surface area contributed by atoms with E-state index in [9.17, 15) is 13.2 Å². The largest absolute Gasteiger partial charge is 0.416 e. The lowest BCUT2D eigenvalue weighted by molar-refractivity contribution is -0.137. The lowest BCUT2D eigenvalue weighted by Crippen LogP contribution is -2.16. The van der Waals surface area contributed by atoms with Gasteiger partial charge in [0.05, 0.1) is 5.56 Å². The number of amidine groups is 1. The van der Waals surface area contributed by atoms with E-state index in [1.54, 1.807) is 0 Å². The number of rotatable bonds is 3. The van der Waals surface area contributed by atoms with Gasteiger partial charge < -0.3 is 10.9 Å². The first-order valence-electron chi connectivity index (χ1n) is 5.84. The van der Waals surface area contributed by atoms with Gasteiger partial charge >= 0.3 is 6.18 Å². The summed E-state index contributed by atoms with van der Waals surface area (Å²) in [5, 5.41) is 11.5. The van der Waals surface area contributed by atoms with Crippen LogP contribution in [0.1, 0.15) is 11.1 Å². The molecule has 0 spiro atoms. The molecule has 2 aromatic rings. The standard InChI is InChI=1S/C14H11F3N2OS/c15-14(16,17)9-6-7-12(11(8-9)13(18)19-20)21-10-4-2-1-3-5-10/h1-8,20H,(H2,18,19). The van der Waals surface area contributed by atoms with E-state index in [0.29, 0.717) is 4.90 Å². The minimum absolute atomic E-state index is 0.0428. The molecule has 0 radical (unpaired) electrons. The van der Waals surface area contributed by atoms with E-state index < -0.39 is 11.7 Å². The third-order valence-corrected chi connectivity index (χ3v) is 3.75. The van der Waals surface area contributed by atoms with Gasteiger partial charge in [0.25, 0.3) is 0 Å². The van der Waals surface area contributed by atoms with E-state index in [0.717, 1.165) is 17.0 Å². The minimum Gasteiger partial charge on any atom is -0.409 e. The van der Waals surface area contributed by atoms with Crippen LogP contribution in [0.2, 0.25) is 0 Å². The number of nitrogens with zero attached hydrogens (tertiary/aromatic N) is 1. The summed E-state index contributed by atoms with van der Waals surface area (Å²) in [5.41, 5.74) is 4.68. The Kier molecular flexibility index (Phi) is 4.42. The molecular weight excluding hydrogens is 301 g/mol. The number of alkyl halides is 3. The Morgan fingerprint density at radius 1 is 1.10 bits per heavy atom. The third-order valence-electron chi connectivity index (χ3n) is 2.66. The number of hydrogen-bond donors (Lipinski definition) is 2. The van der Waals surface area contributed by atoms with Gasteiger partial charge in [0, 0.05) is 15.4 Å². The summed E-state index contributed by atoms with van der Waals surface area (Å²) in [4.78, 5) is 1.31. The van der Waals surface area contributed by atoms with E-state index in [1.165, 1.54) is 17.8 Å². The van der Waals surface area contributed by atoms with Gasteiger partial charge in [-0.25, -0.2) is 0 Å². The molecule has 0 fully saturated rings. The maximum Gasteiger partial charge on any atom is 0.416 e. The number of benzene rings is 2. The van der Waals surface area contributed by atoms with Gasteiger partial charge in [-0.2, -0.15) is 13.2 Å². The van der Waals surface area contributed by atoms with Crippen molar-refractivity contribution in [2.75, 3.05) is 0 Å². The summed E-state index contributed by atoms with van der Waals surface area (Å²) in [6, 6.07) is 12.3. The fourth-order valence-corrected chi connectivity index (χ4v) is 2.62. The van der Waals surface area contributed by atoms with Gasteiger partial charge in [0.1, 0.15) is 0 Å². The van der Waals surface area contributed by atoms with Crippen LogP contribution in [0, 0.1) is 0 Å². The Morgan fingerprint density at radius 2 is 1.76 bits per heavy atom. The average Bonchev–Trinajstić information content (AvgIpc) is 2.47. The molecule has 2 aromatic carbocycles. The molecule has 0 amide bonds. The molecular formula is C14H11F3N2OS. The predicted molar refractivity (Wildman–Crippen MR) is 74.5 cm³/mol. The first-order valence-corrected chi connectivity index (χ1v) is 6.65. The highest BCUT2D eigenvalue weighted by atomic mass is 32.2. The van der Waals surface area contributed by atoms with Gasteiger partial charge in [-0.05, 0) is 30.3 Å². The summed E-state index contributed by atoms with van der Waals surface area (Å²) >= 11 is 1.24. The Labute approximate surface area is 123 Å². The average molecular weight is 312 g/mol. The van der Waals surface area contributed by atoms with Crippen LogP contribution in [0.3, 0.4) is 0 Å². The summed E-state index contributed by atoms with van der Waals surface area (Å²) in [7, 11) is 0. The molecule has 3 N–H and O–H groups in total. The molecule has 0 bridgehead atoms. The van der Waals surface area contributed by atoms with Crippen LogP contribution in [-0.4, -0.2) is 11.0 Å². The molecule has 3 nitrogen and oxygen atoms in total. The quantitative estimate of drug-likeness (QED) is 0.390. The molecule has 2 rings (SSSR count). The Bertz CT molecular complexity index is 657. The first kappa shape index (κ1) is 15.2. The topological polar surface area (TPSA) is 58.6 Å². The van der Waals surface area contributed by atoms with Gasteiger partial charge in [-0.1, -0.05) is 35.1 Å². The molecule has 0 aliphatic rings. The van der Waals surface area contributed by atoms with Crippen LogP contribution < -0.4 is 5.73 Å². The number of hydrogen-bond acceptors (Lipinski definition) is 3. The maximum atomic E-state index is 12.7. The zero-order valence-electron chi connectivity index (χ0n) is 10.6. The Balaban J connectivity index is 2.46. The van der Waals surface area contributed by atoms with E-state index in [4.69, 9.17) is 10.9 Å². The summed E-state index contributed by atoms with van der Waals surface area (Å²) in [6.45, 7) is 0. The van der Waals surface area contributed by atoms with Crippen molar-refractivity contribution in [1.82, 2.24) is 0 Å². The van der Waals surface area contributed by atoms with Crippen LogP contribution in [0.15, 0.2) is 63.5 Å². The van der Waals surface area contributed by atoms with Crippen LogP contribution in [-0.2, 0) is 6.18 Å². The van der Waals surface area contributed by atoms with Gasteiger partial charge in [0.2, 0.25) is 0 Å². The molecule has 0 heterocycles. The highest BCUT2D eigenvalue weighted by Gasteiger charge is 2.31. The molecule has 110 valence electrons. The molecule has 0 saturated heterocycles. The summed E-state index contributed by atoms with van der Waals surface area (Å²) < 4.78 is 38.2. The zero-order valence-corrected chi connectivity index (χ0v) is 11.4. The zero-order chi connectivity index (χ0) is 15.5. The second-order valence-electron chi connectivity index (χ2n) is 4.11. The maximum absolute atomic E-state index is 12.7. The van der Waals surface area contributed by atoms with Gasteiger partial charge in [-0.3, -0.25) is 0 Å².